The molecule has 0 unspecified atom stereocenters. The molecule has 0 spiro atoms. The van der Waals surface area contributed by atoms with Crippen LogP contribution in [0.15, 0.2) is 18.2 Å². The van der Waals surface area contributed by atoms with Crippen LogP contribution < -0.4 is 11.1 Å². The van der Waals surface area contributed by atoms with Crippen LogP contribution in [0.25, 0.3) is 11.3 Å². The van der Waals surface area contributed by atoms with Crippen LogP contribution >= 0.6 is 0 Å². The van der Waals surface area contributed by atoms with E-state index in [2.05, 4.69) is 35.5 Å². The third kappa shape index (κ3) is 2.13. The minimum atomic E-state index is -0.399. The van der Waals surface area contributed by atoms with Gasteiger partial charge < -0.3 is 11.1 Å². The van der Waals surface area contributed by atoms with E-state index in [-0.39, 0.29) is 0 Å². The molecule has 0 atom stereocenters. The number of benzene rings is 1. The lowest BCUT2D eigenvalue weighted by Gasteiger charge is -2.15. The lowest BCUT2D eigenvalue weighted by Crippen LogP contribution is -2.30. The van der Waals surface area contributed by atoms with Crippen molar-refractivity contribution in [1.29, 1.82) is 0 Å². The van der Waals surface area contributed by atoms with Crippen LogP contribution in [0.1, 0.15) is 45.9 Å². The van der Waals surface area contributed by atoms with E-state index in [0.717, 1.165) is 36.0 Å². The maximum Gasteiger partial charge on any atom is 0.252 e. The Morgan fingerprint density at radius 2 is 2.23 bits per heavy atom. The summed E-state index contributed by atoms with van der Waals surface area (Å²) in [6.45, 7) is 4.42. The molecule has 0 saturated heterocycles. The molecule has 3 N–H and O–H groups in total. The largest absolute Gasteiger partial charge is 0.365 e. The Labute approximate surface area is 129 Å². The molecule has 5 nitrogen and oxygen atoms in total. The zero-order valence-corrected chi connectivity index (χ0v) is 12.7. The number of aryl methyl sites for hydroxylation is 1. The van der Waals surface area contributed by atoms with Crippen molar-refractivity contribution in [2.75, 3.05) is 6.54 Å². The normalized spacial score (nSPS) is 17.3. The lowest BCUT2D eigenvalue weighted by molar-refractivity contribution is 0.0999. The Hall–Kier alpha value is -2.14. The molecule has 2 aromatic rings. The van der Waals surface area contributed by atoms with Crippen LogP contribution in [-0.2, 0) is 13.1 Å². The Balaban J connectivity index is 1.83. The third-order valence-corrected chi connectivity index (χ3v) is 4.66. The SMILES string of the molecule is Cc1cc(-c2nn3c(c2C(N)=O)CNCC3)ccc1C1CC1. The number of carbonyl (C=O) groups excluding carboxylic acids is 1. The highest BCUT2D eigenvalue weighted by molar-refractivity contribution is 6.00. The second-order valence-corrected chi connectivity index (χ2v) is 6.28. The summed E-state index contributed by atoms with van der Waals surface area (Å²) >= 11 is 0. The Morgan fingerprint density at radius 3 is 2.91 bits per heavy atom. The molecule has 1 amide bonds. The monoisotopic (exact) mass is 296 g/mol. The van der Waals surface area contributed by atoms with E-state index in [1.54, 1.807) is 0 Å². The first-order valence-electron chi connectivity index (χ1n) is 7.86. The number of carbonyl (C=O) groups is 1. The highest BCUT2D eigenvalue weighted by atomic mass is 16.1. The number of fused-ring (bicyclic) bond motifs is 1. The molecule has 1 aliphatic carbocycles. The summed E-state index contributed by atoms with van der Waals surface area (Å²) in [4.78, 5) is 11.9. The first-order chi connectivity index (χ1) is 10.6. The van der Waals surface area contributed by atoms with E-state index in [9.17, 15) is 4.79 Å². The summed E-state index contributed by atoms with van der Waals surface area (Å²) in [6, 6.07) is 6.40. The van der Waals surface area contributed by atoms with Crippen LogP contribution in [0.4, 0.5) is 0 Å². The first-order valence-corrected chi connectivity index (χ1v) is 7.86. The van der Waals surface area contributed by atoms with Gasteiger partial charge in [-0.25, -0.2) is 0 Å². The molecule has 2 heterocycles. The number of rotatable bonds is 3. The minimum absolute atomic E-state index is 0.399. The van der Waals surface area contributed by atoms with Crippen molar-refractivity contribution in [3.63, 3.8) is 0 Å². The highest BCUT2D eigenvalue weighted by Crippen LogP contribution is 2.42. The number of aromatic nitrogens is 2. The third-order valence-electron chi connectivity index (χ3n) is 4.66. The number of nitrogens with zero attached hydrogens (tertiary/aromatic N) is 2. The number of primary amides is 1. The van der Waals surface area contributed by atoms with Crippen molar-refractivity contribution in [3.8, 4) is 11.3 Å². The van der Waals surface area contributed by atoms with E-state index >= 15 is 0 Å². The van der Waals surface area contributed by atoms with E-state index in [1.165, 1.54) is 24.0 Å². The summed E-state index contributed by atoms with van der Waals surface area (Å²) < 4.78 is 1.91. The molecule has 1 aliphatic heterocycles. The van der Waals surface area contributed by atoms with Gasteiger partial charge in [0.05, 0.1) is 17.8 Å². The van der Waals surface area contributed by atoms with Gasteiger partial charge in [-0.2, -0.15) is 5.10 Å². The summed E-state index contributed by atoms with van der Waals surface area (Å²) in [6.07, 6.45) is 2.58. The van der Waals surface area contributed by atoms with Gasteiger partial charge in [0.2, 0.25) is 0 Å². The molecule has 5 heteroatoms. The van der Waals surface area contributed by atoms with E-state index in [4.69, 9.17) is 5.73 Å². The van der Waals surface area contributed by atoms with Gasteiger partial charge in [0.25, 0.3) is 5.91 Å². The van der Waals surface area contributed by atoms with Crippen molar-refractivity contribution < 1.29 is 4.79 Å². The molecule has 22 heavy (non-hydrogen) atoms. The summed E-state index contributed by atoms with van der Waals surface area (Å²) in [5.74, 6) is 0.327. The van der Waals surface area contributed by atoms with E-state index in [0.29, 0.717) is 12.1 Å². The maximum absolute atomic E-state index is 11.9. The number of nitrogens with two attached hydrogens (primary N) is 1. The standard InChI is InChI=1S/C17H20N4O/c1-10-8-12(4-5-13(10)11-2-3-11)16-15(17(18)22)14-9-19-6-7-21(14)20-16/h4-5,8,11,19H,2-3,6-7,9H2,1H3,(H2,18,22). The maximum atomic E-state index is 11.9. The predicted octanol–water partition coefficient (Wildman–Crippen LogP) is 1.94. The number of amides is 1. The van der Waals surface area contributed by atoms with Crippen LogP contribution in [0.5, 0.6) is 0 Å². The molecule has 0 bridgehead atoms. The summed E-state index contributed by atoms with van der Waals surface area (Å²) in [5.41, 5.74) is 11.5. The predicted molar refractivity (Wildman–Crippen MR) is 84.6 cm³/mol. The highest BCUT2D eigenvalue weighted by Gasteiger charge is 2.27. The molecule has 2 aliphatic rings. The number of hydrogen-bond acceptors (Lipinski definition) is 3. The van der Waals surface area contributed by atoms with Crippen molar-refractivity contribution in [1.82, 2.24) is 15.1 Å². The molecule has 1 aromatic heterocycles. The van der Waals surface area contributed by atoms with Crippen LogP contribution in [-0.4, -0.2) is 22.2 Å². The smallest absolute Gasteiger partial charge is 0.252 e. The van der Waals surface area contributed by atoms with Crippen molar-refractivity contribution >= 4 is 5.91 Å². The van der Waals surface area contributed by atoms with E-state index in [1.807, 2.05) is 4.68 Å². The fourth-order valence-corrected chi connectivity index (χ4v) is 3.39. The fourth-order valence-electron chi connectivity index (χ4n) is 3.39. The van der Waals surface area contributed by atoms with Gasteiger partial charge in [0.15, 0.2) is 0 Å². The average molecular weight is 296 g/mol. The molecule has 1 fully saturated rings. The van der Waals surface area contributed by atoms with Gasteiger partial charge in [-0.1, -0.05) is 12.1 Å². The molecule has 114 valence electrons. The molecule has 0 radical (unpaired) electrons. The lowest BCUT2D eigenvalue weighted by atomic mass is 9.98. The summed E-state index contributed by atoms with van der Waals surface area (Å²) in [5, 5.41) is 7.93. The molecule has 1 saturated carbocycles. The summed E-state index contributed by atoms with van der Waals surface area (Å²) in [7, 11) is 0. The molecular weight excluding hydrogens is 276 g/mol. The van der Waals surface area contributed by atoms with Gasteiger partial charge in [-0.3, -0.25) is 9.48 Å². The van der Waals surface area contributed by atoms with Gasteiger partial charge in [-0.15, -0.1) is 0 Å². The molecule has 4 rings (SSSR count). The molecular formula is C17H20N4O. The average Bonchev–Trinajstić information content (AvgIpc) is 3.25. The molecule has 1 aromatic carbocycles. The Bertz CT molecular complexity index is 758. The van der Waals surface area contributed by atoms with Gasteiger partial charge in [0, 0.05) is 18.7 Å². The van der Waals surface area contributed by atoms with Crippen LogP contribution in [0.3, 0.4) is 0 Å². The van der Waals surface area contributed by atoms with Crippen molar-refractivity contribution in [3.05, 3.63) is 40.6 Å². The van der Waals surface area contributed by atoms with E-state index < -0.39 is 5.91 Å². The van der Waals surface area contributed by atoms with Crippen LogP contribution in [0, 0.1) is 6.92 Å². The quantitative estimate of drug-likeness (QED) is 0.909. The number of nitrogens with one attached hydrogen (secondary N) is 1. The van der Waals surface area contributed by atoms with Crippen LogP contribution in [0.2, 0.25) is 0 Å². The van der Waals surface area contributed by atoms with Crippen molar-refractivity contribution in [2.24, 2.45) is 5.73 Å². The topological polar surface area (TPSA) is 72.9 Å². The van der Waals surface area contributed by atoms with Gasteiger partial charge in [0.1, 0.15) is 5.69 Å². The Kier molecular flexibility index (Phi) is 3.04. The number of hydrogen-bond donors (Lipinski definition) is 2. The second-order valence-electron chi connectivity index (χ2n) is 6.28. The van der Waals surface area contributed by atoms with Gasteiger partial charge in [-0.05, 0) is 42.9 Å². The second kappa shape index (κ2) is 4.95. The zero-order valence-electron chi connectivity index (χ0n) is 12.7. The first kappa shape index (κ1) is 13.5. The Morgan fingerprint density at radius 1 is 1.41 bits per heavy atom. The van der Waals surface area contributed by atoms with Gasteiger partial charge >= 0.3 is 0 Å². The zero-order chi connectivity index (χ0) is 15.3. The fraction of sp³-hybridized carbons (Fsp3) is 0.412. The van der Waals surface area contributed by atoms with Crippen molar-refractivity contribution in [2.45, 2.75) is 38.8 Å². The minimum Gasteiger partial charge on any atom is -0.365 e.